The molecule has 22 heavy (non-hydrogen) atoms. The van der Waals surface area contributed by atoms with Crippen LogP contribution in [0.3, 0.4) is 0 Å². The van der Waals surface area contributed by atoms with Gasteiger partial charge < -0.3 is 4.74 Å². The minimum absolute atomic E-state index is 0.127. The highest BCUT2D eigenvalue weighted by Gasteiger charge is 2.34. The van der Waals surface area contributed by atoms with Crippen LogP contribution in [0.25, 0.3) is 6.08 Å². The third kappa shape index (κ3) is 3.01. The van der Waals surface area contributed by atoms with Crippen LogP contribution in [-0.2, 0) is 4.79 Å². The number of imide groups is 1. The number of ether oxygens (including phenoxy) is 1. The molecule has 0 radical (unpaired) electrons. The summed E-state index contributed by atoms with van der Waals surface area (Å²) in [5.41, 5.74) is 0.234. The van der Waals surface area contributed by atoms with Gasteiger partial charge in [-0.3, -0.25) is 24.6 Å². The monoisotopic (exact) mass is 320 g/mol. The minimum Gasteiger partial charge on any atom is -0.490 e. The van der Waals surface area contributed by atoms with E-state index in [1.807, 2.05) is 0 Å². The summed E-state index contributed by atoms with van der Waals surface area (Å²) < 4.78 is 4.91. The predicted molar refractivity (Wildman–Crippen MR) is 82.5 cm³/mol. The van der Waals surface area contributed by atoms with E-state index >= 15 is 0 Å². The first kappa shape index (κ1) is 15.8. The lowest BCUT2D eigenvalue weighted by atomic mass is 10.1. The second-order valence-corrected chi connectivity index (χ2v) is 5.26. The van der Waals surface area contributed by atoms with E-state index in [-0.39, 0.29) is 28.1 Å². The number of nitrogens with zero attached hydrogens (tertiary/aromatic N) is 2. The molecule has 1 aromatic rings. The number of carbonyl (C=O) groups is 2. The molecule has 7 nitrogen and oxygen atoms in total. The maximum Gasteiger partial charge on any atom is 0.311 e. The Morgan fingerprint density at radius 3 is 2.77 bits per heavy atom. The number of amides is 2. The van der Waals surface area contributed by atoms with E-state index in [0.717, 1.165) is 16.7 Å². The van der Waals surface area contributed by atoms with Gasteiger partial charge in [-0.2, -0.15) is 0 Å². The van der Waals surface area contributed by atoms with E-state index in [4.69, 9.17) is 4.74 Å². The van der Waals surface area contributed by atoms with Crippen LogP contribution in [0.4, 0.5) is 10.5 Å². The van der Waals surface area contributed by atoms with Gasteiger partial charge in [0.15, 0.2) is 5.75 Å². The van der Waals surface area contributed by atoms with Gasteiger partial charge in [-0.15, -0.1) is 6.58 Å². The molecule has 0 bridgehead atoms. The van der Waals surface area contributed by atoms with Gasteiger partial charge in [0.1, 0.15) is 0 Å². The molecule has 1 heterocycles. The number of nitro groups is 1. The van der Waals surface area contributed by atoms with Gasteiger partial charge in [0.2, 0.25) is 0 Å². The molecule has 1 aromatic carbocycles. The zero-order valence-corrected chi connectivity index (χ0v) is 12.5. The average Bonchev–Trinajstić information content (AvgIpc) is 2.75. The Morgan fingerprint density at radius 1 is 1.45 bits per heavy atom. The van der Waals surface area contributed by atoms with Gasteiger partial charge in [-0.05, 0) is 29.5 Å². The molecule has 1 saturated heterocycles. The van der Waals surface area contributed by atoms with E-state index in [0.29, 0.717) is 5.56 Å². The highest BCUT2D eigenvalue weighted by atomic mass is 32.2. The van der Waals surface area contributed by atoms with Gasteiger partial charge in [-0.25, -0.2) is 0 Å². The Labute approximate surface area is 130 Å². The lowest BCUT2D eigenvalue weighted by molar-refractivity contribution is -0.385. The summed E-state index contributed by atoms with van der Waals surface area (Å²) in [7, 11) is 1.34. The molecular weight excluding hydrogens is 308 g/mol. The van der Waals surface area contributed by atoms with Crippen molar-refractivity contribution in [1.82, 2.24) is 4.90 Å². The smallest absolute Gasteiger partial charge is 0.311 e. The zero-order chi connectivity index (χ0) is 16.3. The van der Waals surface area contributed by atoms with Crippen molar-refractivity contribution in [1.29, 1.82) is 0 Å². The molecule has 2 rings (SSSR count). The molecule has 2 amide bonds. The van der Waals surface area contributed by atoms with Crippen LogP contribution in [0.2, 0.25) is 0 Å². The van der Waals surface area contributed by atoms with Gasteiger partial charge in [0.25, 0.3) is 11.1 Å². The first-order valence-electron chi connectivity index (χ1n) is 6.16. The van der Waals surface area contributed by atoms with Gasteiger partial charge >= 0.3 is 5.69 Å². The van der Waals surface area contributed by atoms with Crippen molar-refractivity contribution >= 4 is 34.7 Å². The number of hydrogen-bond acceptors (Lipinski definition) is 6. The van der Waals surface area contributed by atoms with Gasteiger partial charge in [-0.1, -0.05) is 12.1 Å². The minimum atomic E-state index is -0.570. The molecule has 0 spiro atoms. The van der Waals surface area contributed by atoms with Crippen LogP contribution >= 0.6 is 11.8 Å². The summed E-state index contributed by atoms with van der Waals surface area (Å²) >= 11 is 0.790. The second kappa shape index (κ2) is 6.44. The third-order valence-corrected chi connectivity index (χ3v) is 3.79. The van der Waals surface area contributed by atoms with Crippen molar-refractivity contribution in [3.8, 4) is 5.75 Å². The number of carbonyl (C=O) groups excluding carboxylic acids is 2. The number of benzene rings is 1. The summed E-state index contributed by atoms with van der Waals surface area (Å²) in [5.74, 6) is -0.310. The van der Waals surface area contributed by atoms with Crippen LogP contribution in [-0.4, -0.2) is 34.6 Å². The quantitative estimate of drug-likeness (QED) is 0.359. The number of thioether (sulfide) groups is 1. The summed E-state index contributed by atoms with van der Waals surface area (Å²) in [5, 5.41) is 10.6. The number of nitro benzene ring substituents is 1. The van der Waals surface area contributed by atoms with Crippen LogP contribution < -0.4 is 4.74 Å². The Kier molecular flexibility index (Phi) is 4.62. The van der Waals surface area contributed by atoms with Gasteiger partial charge in [0, 0.05) is 12.6 Å². The van der Waals surface area contributed by atoms with Crippen molar-refractivity contribution in [2.45, 2.75) is 0 Å². The lowest BCUT2D eigenvalue weighted by Crippen LogP contribution is -2.27. The maximum atomic E-state index is 12.1. The van der Waals surface area contributed by atoms with Crippen LogP contribution in [0.5, 0.6) is 5.75 Å². The topological polar surface area (TPSA) is 89.8 Å². The molecule has 0 aromatic heterocycles. The van der Waals surface area contributed by atoms with Gasteiger partial charge in [0.05, 0.1) is 16.9 Å². The Morgan fingerprint density at radius 2 is 2.18 bits per heavy atom. The molecule has 1 fully saturated rings. The largest absolute Gasteiger partial charge is 0.490 e. The fourth-order valence-corrected chi connectivity index (χ4v) is 2.73. The highest BCUT2D eigenvalue weighted by molar-refractivity contribution is 8.18. The molecule has 0 unspecified atom stereocenters. The predicted octanol–water partition coefficient (Wildman–Crippen LogP) is 2.83. The van der Waals surface area contributed by atoms with E-state index in [2.05, 4.69) is 6.58 Å². The van der Waals surface area contributed by atoms with Crippen LogP contribution in [0.15, 0.2) is 35.8 Å². The van der Waals surface area contributed by atoms with E-state index in [1.165, 1.54) is 31.4 Å². The van der Waals surface area contributed by atoms with Crippen molar-refractivity contribution in [2.75, 3.05) is 13.7 Å². The molecule has 1 aliphatic heterocycles. The molecular formula is C14H12N2O5S. The fraction of sp³-hybridized carbons (Fsp3) is 0.143. The normalized spacial score (nSPS) is 16.2. The number of methoxy groups -OCH3 is 1. The molecule has 114 valence electrons. The Hall–Kier alpha value is -2.61. The van der Waals surface area contributed by atoms with E-state index < -0.39 is 10.8 Å². The summed E-state index contributed by atoms with van der Waals surface area (Å²) in [6.07, 6.45) is 2.90. The summed E-state index contributed by atoms with van der Waals surface area (Å²) in [6, 6.07) is 4.31. The second-order valence-electron chi connectivity index (χ2n) is 4.27. The molecule has 0 atom stereocenters. The molecule has 0 saturated carbocycles. The Balaban J connectivity index is 2.36. The van der Waals surface area contributed by atoms with Crippen LogP contribution in [0, 0.1) is 10.1 Å². The number of rotatable bonds is 5. The molecule has 0 N–H and O–H groups in total. The van der Waals surface area contributed by atoms with Crippen molar-refractivity contribution in [2.24, 2.45) is 0 Å². The fourth-order valence-electron chi connectivity index (χ4n) is 1.88. The highest BCUT2D eigenvalue weighted by Crippen LogP contribution is 2.34. The molecule has 8 heteroatoms. The summed E-state index contributed by atoms with van der Waals surface area (Å²) in [4.78, 5) is 35.4. The maximum absolute atomic E-state index is 12.1. The molecule has 1 aliphatic rings. The van der Waals surface area contributed by atoms with E-state index in [9.17, 15) is 19.7 Å². The van der Waals surface area contributed by atoms with Crippen LogP contribution in [0.1, 0.15) is 5.56 Å². The average molecular weight is 320 g/mol. The molecule has 0 aliphatic carbocycles. The van der Waals surface area contributed by atoms with Crippen molar-refractivity contribution in [3.05, 3.63) is 51.4 Å². The standard InChI is InChI=1S/C14H12N2O5S/c1-3-6-15-13(17)12(22-14(15)18)8-9-4-5-11(21-2)10(7-9)16(19)20/h3-5,7-8H,1,6H2,2H3/b12-8+. The first-order valence-corrected chi connectivity index (χ1v) is 6.98. The number of hydrogen-bond donors (Lipinski definition) is 0. The first-order chi connectivity index (χ1) is 10.5. The lowest BCUT2D eigenvalue weighted by Gasteiger charge is -2.07. The SMILES string of the molecule is C=CCN1C(=O)S/C(=C/c2ccc(OC)c([N+](=O)[O-])c2)C1=O. The zero-order valence-electron chi connectivity index (χ0n) is 11.6. The van der Waals surface area contributed by atoms with Crippen molar-refractivity contribution in [3.63, 3.8) is 0 Å². The van der Waals surface area contributed by atoms with E-state index in [1.54, 1.807) is 6.07 Å². The van der Waals surface area contributed by atoms with Crippen molar-refractivity contribution < 1.29 is 19.2 Å². The Bertz CT molecular complexity index is 698. The third-order valence-electron chi connectivity index (χ3n) is 2.88. The summed E-state index contributed by atoms with van der Waals surface area (Å²) in [6.45, 7) is 3.62.